The highest BCUT2D eigenvalue weighted by molar-refractivity contribution is 4.86. The van der Waals surface area contributed by atoms with Crippen LogP contribution in [0.4, 0.5) is 0 Å². The fraction of sp³-hybridized carbons (Fsp3) is 1.00. The summed E-state index contributed by atoms with van der Waals surface area (Å²) in [5, 5.41) is 0. The zero-order valence-electron chi connectivity index (χ0n) is 11.8. The summed E-state index contributed by atoms with van der Waals surface area (Å²) in [4.78, 5) is 2.50. The fourth-order valence-electron chi connectivity index (χ4n) is 2.60. The van der Waals surface area contributed by atoms with Crippen molar-refractivity contribution in [2.45, 2.75) is 65.0 Å². The lowest BCUT2D eigenvalue weighted by molar-refractivity contribution is 0.0984. The van der Waals surface area contributed by atoms with Crippen LogP contribution in [0.5, 0.6) is 0 Å². The van der Waals surface area contributed by atoms with E-state index in [2.05, 4.69) is 39.6 Å². The quantitative estimate of drug-likeness (QED) is 0.798. The Hall–Kier alpha value is -0.0800. The van der Waals surface area contributed by atoms with Crippen LogP contribution in [0, 0.1) is 11.8 Å². The minimum atomic E-state index is 0.306. The summed E-state index contributed by atoms with van der Waals surface area (Å²) < 4.78 is 0. The minimum Gasteiger partial charge on any atom is -0.327 e. The van der Waals surface area contributed by atoms with E-state index in [1.807, 2.05) is 0 Å². The molecule has 0 heterocycles. The van der Waals surface area contributed by atoms with E-state index >= 15 is 0 Å². The van der Waals surface area contributed by atoms with E-state index in [0.717, 1.165) is 12.5 Å². The van der Waals surface area contributed by atoms with Gasteiger partial charge in [-0.1, -0.05) is 13.8 Å². The fourth-order valence-corrected chi connectivity index (χ4v) is 2.60. The van der Waals surface area contributed by atoms with Crippen molar-refractivity contribution in [1.82, 2.24) is 4.90 Å². The molecule has 0 bridgehead atoms. The average Bonchev–Trinajstić information content (AvgIpc) is 2.23. The van der Waals surface area contributed by atoms with Crippen LogP contribution in [0.2, 0.25) is 0 Å². The maximum Gasteiger partial charge on any atom is 0.0147 e. The molecule has 96 valence electrons. The van der Waals surface area contributed by atoms with Gasteiger partial charge < -0.3 is 10.6 Å². The summed E-state index contributed by atoms with van der Waals surface area (Å²) in [6.07, 6.45) is 5.04. The third-order valence-electron chi connectivity index (χ3n) is 4.71. The van der Waals surface area contributed by atoms with Crippen LogP contribution in [-0.2, 0) is 0 Å². The lowest BCUT2D eigenvalue weighted by Crippen LogP contribution is -2.48. The minimum absolute atomic E-state index is 0.306. The standard InChI is InChI=1S/C14H30N2/c1-6-14(3,4)16(5)10-12-9-11(2)7-8-13(12)15/h11-13H,6-10,15H2,1-5H3. The topological polar surface area (TPSA) is 29.3 Å². The first kappa shape index (κ1) is 14.0. The van der Waals surface area contributed by atoms with E-state index < -0.39 is 0 Å². The van der Waals surface area contributed by atoms with Gasteiger partial charge in [-0.2, -0.15) is 0 Å². The van der Waals surface area contributed by atoms with Crippen LogP contribution in [0.15, 0.2) is 0 Å². The van der Waals surface area contributed by atoms with E-state index in [0.29, 0.717) is 17.5 Å². The molecule has 0 saturated heterocycles. The SMILES string of the molecule is CCC(C)(C)N(C)CC1CC(C)CCC1N. The molecule has 1 saturated carbocycles. The van der Waals surface area contributed by atoms with Crippen molar-refractivity contribution in [3.8, 4) is 0 Å². The van der Waals surface area contributed by atoms with Gasteiger partial charge in [-0.15, -0.1) is 0 Å². The Kier molecular flexibility index (Phi) is 4.81. The van der Waals surface area contributed by atoms with Gasteiger partial charge in [-0.3, -0.25) is 0 Å². The van der Waals surface area contributed by atoms with E-state index in [-0.39, 0.29) is 0 Å². The first-order chi connectivity index (χ1) is 7.36. The zero-order chi connectivity index (χ0) is 12.3. The molecule has 2 N–H and O–H groups in total. The first-order valence-electron chi connectivity index (χ1n) is 6.83. The van der Waals surface area contributed by atoms with Crippen LogP contribution in [0.3, 0.4) is 0 Å². The van der Waals surface area contributed by atoms with Crippen LogP contribution in [-0.4, -0.2) is 30.1 Å². The van der Waals surface area contributed by atoms with Gasteiger partial charge in [0.2, 0.25) is 0 Å². The lowest BCUT2D eigenvalue weighted by Gasteiger charge is -2.41. The molecule has 2 nitrogen and oxygen atoms in total. The second-order valence-electron chi connectivity index (χ2n) is 6.39. The molecule has 0 spiro atoms. The van der Waals surface area contributed by atoms with Crippen LogP contribution >= 0.6 is 0 Å². The van der Waals surface area contributed by atoms with Crippen molar-refractivity contribution in [2.24, 2.45) is 17.6 Å². The number of nitrogens with zero attached hydrogens (tertiary/aromatic N) is 1. The van der Waals surface area contributed by atoms with Crippen LogP contribution in [0.1, 0.15) is 53.4 Å². The number of hydrogen-bond donors (Lipinski definition) is 1. The summed E-state index contributed by atoms with van der Waals surface area (Å²) in [5.41, 5.74) is 6.55. The average molecular weight is 226 g/mol. The van der Waals surface area contributed by atoms with Crippen LogP contribution < -0.4 is 5.73 Å². The molecule has 0 aromatic carbocycles. The Labute approximate surface area is 102 Å². The summed E-state index contributed by atoms with van der Waals surface area (Å²) in [5.74, 6) is 1.56. The van der Waals surface area contributed by atoms with E-state index in [9.17, 15) is 0 Å². The van der Waals surface area contributed by atoms with Gasteiger partial charge in [0.15, 0.2) is 0 Å². The summed E-state index contributed by atoms with van der Waals surface area (Å²) in [6, 6.07) is 0.423. The highest BCUT2D eigenvalue weighted by Gasteiger charge is 2.30. The predicted octanol–water partition coefficient (Wildman–Crippen LogP) is 2.87. The number of rotatable bonds is 4. The van der Waals surface area contributed by atoms with Gasteiger partial charge in [-0.05, 0) is 58.4 Å². The Bertz CT molecular complexity index is 213. The zero-order valence-corrected chi connectivity index (χ0v) is 11.8. The molecule has 0 aromatic heterocycles. The first-order valence-corrected chi connectivity index (χ1v) is 6.83. The second-order valence-corrected chi connectivity index (χ2v) is 6.39. The molecule has 1 aliphatic rings. The monoisotopic (exact) mass is 226 g/mol. The molecule has 2 heteroatoms. The molecule has 0 amide bonds. The molecule has 1 aliphatic carbocycles. The molecule has 1 fully saturated rings. The van der Waals surface area contributed by atoms with E-state index in [4.69, 9.17) is 5.73 Å². The number of nitrogens with two attached hydrogens (primary N) is 1. The molecule has 0 radical (unpaired) electrons. The lowest BCUT2D eigenvalue weighted by atomic mass is 9.78. The number of hydrogen-bond acceptors (Lipinski definition) is 2. The Morgan fingerprint density at radius 2 is 1.94 bits per heavy atom. The molecule has 3 unspecified atom stereocenters. The van der Waals surface area contributed by atoms with Crippen molar-refractivity contribution in [3.05, 3.63) is 0 Å². The molecule has 16 heavy (non-hydrogen) atoms. The maximum absolute atomic E-state index is 6.25. The van der Waals surface area contributed by atoms with Crippen molar-refractivity contribution in [1.29, 1.82) is 0 Å². The third-order valence-corrected chi connectivity index (χ3v) is 4.71. The second kappa shape index (κ2) is 5.50. The summed E-state index contributed by atoms with van der Waals surface area (Å²) in [7, 11) is 2.25. The van der Waals surface area contributed by atoms with Crippen molar-refractivity contribution in [2.75, 3.05) is 13.6 Å². The molecular weight excluding hydrogens is 196 g/mol. The van der Waals surface area contributed by atoms with E-state index in [1.165, 1.54) is 25.7 Å². The highest BCUT2D eigenvalue weighted by atomic mass is 15.2. The summed E-state index contributed by atoms with van der Waals surface area (Å²) in [6.45, 7) is 10.4. The molecule has 3 atom stereocenters. The van der Waals surface area contributed by atoms with Crippen molar-refractivity contribution >= 4 is 0 Å². The Morgan fingerprint density at radius 3 is 2.50 bits per heavy atom. The summed E-state index contributed by atoms with van der Waals surface area (Å²) >= 11 is 0. The Balaban J connectivity index is 2.52. The molecule has 0 aliphatic heterocycles. The van der Waals surface area contributed by atoms with Gasteiger partial charge in [0.05, 0.1) is 0 Å². The molecule has 0 aromatic rings. The van der Waals surface area contributed by atoms with Crippen LogP contribution in [0.25, 0.3) is 0 Å². The normalized spacial score (nSPS) is 32.1. The van der Waals surface area contributed by atoms with E-state index in [1.54, 1.807) is 0 Å². The molecule has 1 rings (SSSR count). The maximum atomic E-state index is 6.25. The van der Waals surface area contributed by atoms with Crippen molar-refractivity contribution < 1.29 is 0 Å². The van der Waals surface area contributed by atoms with Crippen molar-refractivity contribution in [3.63, 3.8) is 0 Å². The Morgan fingerprint density at radius 1 is 1.31 bits per heavy atom. The smallest absolute Gasteiger partial charge is 0.0147 e. The van der Waals surface area contributed by atoms with Gasteiger partial charge in [0.25, 0.3) is 0 Å². The predicted molar refractivity (Wildman–Crippen MR) is 71.5 cm³/mol. The van der Waals surface area contributed by atoms with Gasteiger partial charge >= 0.3 is 0 Å². The van der Waals surface area contributed by atoms with Gasteiger partial charge in [0.1, 0.15) is 0 Å². The van der Waals surface area contributed by atoms with Gasteiger partial charge in [-0.25, -0.2) is 0 Å². The third kappa shape index (κ3) is 3.46. The van der Waals surface area contributed by atoms with Gasteiger partial charge in [0, 0.05) is 18.1 Å². The largest absolute Gasteiger partial charge is 0.327 e. The molecular formula is C14H30N2. The highest BCUT2D eigenvalue weighted by Crippen LogP contribution is 2.30.